The lowest BCUT2D eigenvalue weighted by atomic mass is 10.2. The normalized spacial score (nSPS) is 12.7. The largest absolute Gasteiger partial charge is 0.484 e. The molecule has 0 aromatic heterocycles. The third-order valence-corrected chi connectivity index (χ3v) is 5.11. The van der Waals surface area contributed by atoms with E-state index in [2.05, 4.69) is 10.6 Å². The third-order valence-electron chi connectivity index (χ3n) is 5.11. The van der Waals surface area contributed by atoms with Crippen LogP contribution in [0.25, 0.3) is 0 Å². The first-order valence-corrected chi connectivity index (χ1v) is 10.7. The smallest absolute Gasteiger partial charge is 0.258 e. The number of aryl methyl sites for hydroxylation is 1. The van der Waals surface area contributed by atoms with Crippen LogP contribution in [0.15, 0.2) is 72.8 Å². The van der Waals surface area contributed by atoms with Crippen molar-refractivity contribution in [1.82, 2.24) is 5.32 Å². The quantitative estimate of drug-likeness (QED) is 0.510. The van der Waals surface area contributed by atoms with Gasteiger partial charge in [-0.3, -0.25) is 9.59 Å². The second-order valence-electron chi connectivity index (χ2n) is 7.91. The molecular formula is C26H26N2O4. The lowest BCUT2D eigenvalue weighted by Crippen LogP contribution is -2.28. The molecule has 0 bridgehead atoms. The molecule has 32 heavy (non-hydrogen) atoms. The number of ether oxygens (including phenoxy) is 2. The molecule has 0 unspecified atom stereocenters. The monoisotopic (exact) mass is 430 g/mol. The molecule has 4 rings (SSSR count). The van der Waals surface area contributed by atoms with Crippen LogP contribution in [0.5, 0.6) is 17.2 Å². The van der Waals surface area contributed by atoms with Crippen molar-refractivity contribution in [2.24, 2.45) is 5.92 Å². The summed E-state index contributed by atoms with van der Waals surface area (Å²) in [5, 5.41) is 5.73. The van der Waals surface area contributed by atoms with Crippen LogP contribution < -0.4 is 20.1 Å². The topological polar surface area (TPSA) is 76.7 Å². The van der Waals surface area contributed by atoms with Gasteiger partial charge in [0.15, 0.2) is 6.61 Å². The molecule has 3 aromatic carbocycles. The van der Waals surface area contributed by atoms with Crippen molar-refractivity contribution in [2.45, 2.75) is 26.3 Å². The number of benzene rings is 3. The zero-order valence-corrected chi connectivity index (χ0v) is 18.0. The van der Waals surface area contributed by atoms with E-state index in [4.69, 9.17) is 9.47 Å². The average Bonchev–Trinajstić information content (AvgIpc) is 3.65. The second-order valence-corrected chi connectivity index (χ2v) is 7.91. The van der Waals surface area contributed by atoms with Crippen LogP contribution in [0.4, 0.5) is 5.69 Å². The van der Waals surface area contributed by atoms with Crippen LogP contribution in [0.2, 0.25) is 0 Å². The fourth-order valence-corrected chi connectivity index (χ4v) is 3.04. The lowest BCUT2D eigenvalue weighted by Gasteiger charge is -2.10. The Bertz CT molecular complexity index is 1060. The van der Waals surface area contributed by atoms with Gasteiger partial charge in [0.05, 0.1) is 0 Å². The minimum Gasteiger partial charge on any atom is -0.484 e. The Morgan fingerprint density at radius 3 is 2.06 bits per heavy atom. The van der Waals surface area contributed by atoms with Gasteiger partial charge in [-0.25, -0.2) is 0 Å². The summed E-state index contributed by atoms with van der Waals surface area (Å²) in [6.45, 7) is 2.34. The van der Waals surface area contributed by atoms with Crippen LogP contribution in [0, 0.1) is 12.8 Å². The summed E-state index contributed by atoms with van der Waals surface area (Å²) in [6.07, 6.45) is 1.95. The van der Waals surface area contributed by atoms with Gasteiger partial charge in [-0.2, -0.15) is 0 Å². The van der Waals surface area contributed by atoms with Crippen molar-refractivity contribution in [3.63, 3.8) is 0 Å². The van der Waals surface area contributed by atoms with Gasteiger partial charge >= 0.3 is 0 Å². The number of rotatable bonds is 9. The zero-order chi connectivity index (χ0) is 22.3. The Hall–Kier alpha value is -3.80. The Morgan fingerprint density at radius 2 is 1.44 bits per heavy atom. The summed E-state index contributed by atoms with van der Waals surface area (Å²) in [5.74, 6) is 2.09. The van der Waals surface area contributed by atoms with E-state index in [-0.39, 0.29) is 24.3 Å². The number of hydrogen-bond acceptors (Lipinski definition) is 4. The van der Waals surface area contributed by atoms with E-state index >= 15 is 0 Å². The van der Waals surface area contributed by atoms with Crippen LogP contribution in [-0.2, 0) is 16.1 Å². The number of anilines is 1. The number of hydrogen-bond donors (Lipinski definition) is 2. The molecule has 2 amide bonds. The maximum absolute atomic E-state index is 12.1. The summed E-state index contributed by atoms with van der Waals surface area (Å²) in [4.78, 5) is 23.9. The van der Waals surface area contributed by atoms with Gasteiger partial charge in [0.2, 0.25) is 5.91 Å². The molecule has 1 fully saturated rings. The molecule has 6 heteroatoms. The van der Waals surface area contributed by atoms with Crippen LogP contribution in [0.3, 0.4) is 0 Å². The molecular weight excluding hydrogens is 404 g/mol. The van der Waals surface area contributed by atoms with Gasteiger partial charge in [-0.1, -0.05) is 29.8 Å². The summed E-state index contributed by atoms with van der Waals surface area (Å²) in [5.41, 5.74) is 2.89. The molecule has 0 radical (unpaired) electrons. The highest BCUT2D eigenvalue weighted by Gasteiger charge is 2.29. The Kier molecular flexibility index (Phi) is 6.70. The van der Waals surface area contributed by atoms with E-state index in [0.29, 0.717) is 18.0 Å². The molecule has 1 aliphatic rings. The minimum atomic E-state index is -0.212. The molecule has 164 valence electrons. The Morgan fingerprint density at radius 1 is 0.844 bits per heavy atom. The molecule has 0 aliphatic heterocycles. The number of nitrogens with one attached hydrogen (secondary N) is 2. The zero-order valence-electron chi connectivity index (χ0n) is 18.0. The number of carbonyl (C=O) groups is 2. The van der Waals surface area contributed by atoms with E-state index in [1.54, 1.807) is 24.3 Å². The second kappa shape index (κ2) is 10.0. The predicted octanol–water partition coefficient (Wildman–Crippen LogP) is 4.83. The minimum absolute atomic E-state index is 0.0757. The van der Waals surface area contributed by atoms with E-state index < -0.39 is 0 Å². The highest BCUT2D eigenvalue weighted by molar-refractivity contribution is 5.94. The first-order valence-electron chi connectivity index (χ1n) is 10.7. The molecule has 0 atom stereocenters. The molecule has 0 spiro atoms. The fraction of sp³-hybridized carbons (Fsp3) is 0.231. The Balaban J connectivity index is 1.18. The summed E-state index contributed by atoms with van der Waals surface area (Å²) in [6, 6.07) is 22.4. The molecule has 2 N–H and O–H groups in total. The van der Waals surface area contributed by atoms with Crippen molar-refractivity contribution >= 4 is 17.5 Å². The van der Waals surface area contributed by atoms with Crippen molar-refractivity contribution in [3.8, 4) is 17.2 Å². The van der Waals surface area contributed by atoms with Crippen molar-refractivity contribution in [1.29, 1.82) is 0 Å². The van der Waals surface area contributed by atoms with Crippen molar-refractivity contribution in [2.75, 3.05) is 11.9 Å². The van der Waals surface area contributed by atoms with Crippen molar-refractivity contribution < 1.29 is 19.1 Å². The molecule has 0 saturated heterocycles. The van der Waals surface area contributed by atoms with Crippen LogP contribution in [0.1, 0.15) is 24.0 Å². The van der Waals surface area contributed by atoms with E-state index in [0.717, 1.165) is 29.8 Å². The van der Waals surface area contributed by atoms with Crippen LogP contribution >= 0.6 is 0 Å². The number of carbonyl (C=O) groups excluding carboxylic acids is 2. The first kappa shape index (κ1) is 21.4. The van der Waals surface area contributed by atoms with Gasteiger partial charge in [0.1, 0.15) is 17.2 Å². The highest BCUT2D eigenvalue weighted by atomic mass is 16.5. The standard InChI is InChI=1S/C26H26N2O4/c1-18-2-10-23(11-3-18)32-24-14-12-22(13-15-24)31-17-25(29)27-16-19-4-8-21(9-5-19)28-26(30)20-6-7-20/h2-5,8-15,20H,6-7,16-17H2,1H3,(H,27,29)(H,28,30). The Labute approximate surface area is 187 Å². The predicted molar refractivity (Wildman–Crippen MR) is 123 cm³/mol. The number of amides is 2. The van der Waals surface area contributed by atoms with Gasteiger partial charge in [0, 0.05) is 18.2 Å². The van der Waals surface area contributed by atoms with Gasteiger partial charge < -0.3 is 20.1 Å². The molecule has 3 aromatic rings. The third kappa shape index (κ3) is 6.35. The summed E-state index contributed by atoms with van der Waals surface area (Å²) < 4.78 is 11.3. The summed E-state index contributed by atoms with van der Waals surface area (Å²) >= 11 is 0. The molecule has 6 nitrogen and oxygen atoms in total. The van der Waals surface area contributed by atoms with E-state index in [1.165, 1.54) is 5.56 Å². The van der Waals surface area contributed by atoms with Crippen LogP contribution in [-0.4, -0.2) is 18.4 Å². The maximum atomic E-state index is 12.1. The summed E-state index contributed by atoms with van der Waals surface area (Å²) in [7, 11) is 0. The average molecular weight is 431 g/mol. The van der Waals surface area contributed by atoms with Gasteiger partial charge in [-0.05, 0) is 73.9 Å². The molecule has 1 aliphatic carbocycles. The van der Waals surface area contributed by atoms with Gasteiger partial charge in [0.25, 0.3) is 5.91 Å². The maximum Gasteiger partial charge on any atom is 0.258 e. The van der Waals surface area contributed by atoms with Crippen molar-refractivity contribution in [3.05, 3.63) is 83.9 Å². The van der Waals surface area contributed by atoms with E-state index in [9.17, 15) is 9.59 Å². The van der Waals surface area contributed by atoms with Gasteiger partial charge in [-0.15, -0.1) is 0 Å². The first-order chi connectivity index (χ1) is 15.5. The molecule has 0 heterocycles. The van der Waals surface area contributed by atoms with E-state index in [1.807, 2.05) is 55.5 Å². The fourth-order valence-electron chi connectivity index (χ4n) is 3.04. The SMILES string of the molecule is Cc1ccc(Oc2ccc(OCC(=O)NCc3ccc(NC(=O)C4CC4)cc3)cc2)cc1. The molecule has 1 saturated carbocycles. The lowest BCUT2D eigenvalue weighted by molar-refractivity contribution is -0.123. The highest BCUT2D eigenvalue weighted by Crippen LogP contribution is 2.30.